The van der Waals surface area contributed by atoms with Gasteiger partial charge in [0.25, 0.3) is 10.0 Å². The van der Waals surface area contributed by atoms with Crippen LogP contribution in [0.5, 0.6) is 0 Å². The Kier molecular flexibility index (Phi) is 3.67. The molecule has 1 fully saturated rings. The summed E-state index contributed by atoms with van der Waals surface area (Å²) in [6.45, 7) is 3.43. The lowest BCUT2D eigenvalue weighted by Gasteiger charge is -2.39. The molecular weight excluding hydrogens is 288 g/mol. The standard InChI is InChI=1S/C11H16N2O4S2/c1-8-12-7-9(18-8)19(16,17)13-6-4-3-5-11(13,2)10(14)15/h7H,3-6H2,1-2H3,(H,14,15). The average molecular weight is 304 g/mol. The first-order valence-corrected chi connectivity index (χ1v) is 8.23. The second-order valence-electron chi connectivity index (χ2n) is 4.81. The predicted octanol–water partition coefficient (Wildman–Crippen LogP) is 1.47. The molecule has 1 aromatic rings. The van der Waals surface area contributed by atoms with Gasteiger partial charge in [-0.15, -0.1) is 11.3 Å². The number of aliphatic carboxylic acids is 1. The molecule has 1 unspecified atom stereocenters. The van der Waals surface area contributed by atoms with Crippen LogP contribution < -0.4 is 0 Å². The van der Waals surface area contributed by atoms with E-state index in [0.29, 0.717) is 17.8 Å². The van der Waals surface area contributed by atoms with Crippen LogP contribution >= 0.6 is 11.3 Å². The lowest BCUT2D eigenvalue weighted by molar-refractivity contribution is -0.149. The largest absolute Gasteiger partial charge is 0.480 e. The summed E-state index contributed by atoms with van der Waals surface area (Å²) in [5.74, 6) is -1.10. The number of aromatic nitrogens is 1. The minimum Gasteiger partial charge on any atom is -0.480 e. The number of nitrogens with zero attached hydrogens (tertiary/aromatic N) is 2. The van der Waals surface area contributed by atoms with E-state index in [9.17, 15) is 18.3 Å². The third kappa shape index (κ3) is 2.39. The average Bonchev–Trinajstić information content (AvgIpc) is 2.76. The van der Waals surface area contributed by atoms with Crippen molar-refractivity contribution in [2.75, 3.05) is 6.54 Å². The number of carbonyl (C=O) groups is 1. The zero-order valence-electron chi connectivity index (χ0n) is 10.8. The maximum atomic E-state index is 12.6. The molecule has 0 radical (unpaired) electrons. The van der Waals surface area contributed by atoms with Gasteiger partial charge in [0.1, 0.15) is 5.54 Å². The van der Waals surface area contributed by atoms with Crippen molar-refractivity contribution in [3.63, 3.8) is 0 Å². The van der Waals surface area contributed by atoms with Gasteiger partial charge in [-0.1, -0.05) is 0 Å². The van der Waals surface area contributed by atoms with Gasteiger partial charge in [-0.05, 0) is 33.1 Å². The molecule has 2 heterocycles. The minimum atomic E-state index is -3.79. The Labute approximate surface area is 116 Å². The van der Waals surface area contributed by atoms with E-state index in [1.54, 1.807) is 6.92 Å². The number of thiazole rings is 1. The van der Waals surface area contributed by atoms with Crippen molar-refractivity contribution in [3.05, 3.63) is 11.2 Å². The lowest BCUT2D eigenvalue weighted by Crippen LogP contribution is -2.57. The van der Waals surface area contributed by atoms with Gasteiger partial charge in [-0.2, -0.15) is 4.31 Å². The van der Waals surface area contributed by atoms with Gasteiger partial charge in [0.2, 0.25) is 0 Å². The van der Waals surface area contributed by atoms with E-state index >= 15 is 0 Å². The SMILES string of the molecule is Cc1ncc(S(=O)(=O)N2CCCCC2(C)C(=O)O)s1. The molecule has 1 saturated heterocycles. The van der Waals surface area contributed by atoms with E-state index in [0.717, 1.165) is 22.1 Å². The predicted molar refractivity (Wildman–Crippen MR) is 70.6 cm³/mol. The van der Waals surface area contributed by atoms with Crippen LogP contribution in [0.1, 0.15) is 31.2 Å². The Morgan fingerprint density at radius 1 is 1.53 bits per heavy atom. The van der Waals surface area contributed by atoms with E-state index in [1.807, 2.05) is 0 Å². The molecular formula is C11H16N2O4S2. The van der Waals surface area contributed by atoms with Gasteiger partial charge in [-0.3, -0.25) is 4.79 Å². The Morgan fingerprint density at radius 2 is 2.21 bits per heavy atom. The van der Waals surface area contributed by atoms with Crippen molar-refractivity contribution in [2.24, 2.45) is 0 Å². The molecule has 0 aliphatic carbocycles. The van der Waals surface area contributed by atoms with Crippen molar-refractivity contribution < 1.29 is 18.3 Å². The quantitative estimate of drug-likeness (QED) is 0.913. The number of aryl methyl sites for hydroxylation is 1. The first kappa shape index (κ1) is 14.4. The van der Waals surface area contributed by atoms with E-state index in [2.05, 4.69) is 4.98 Å². The maximum Gasteiger partial charge on any atom is 0.324 e. The molecule has 0 aromatic carbocycles. The first-order valence-electron chi connectivity index (χ1n) is 5.97. The molecule has 8 heteroatoms. The molecule has 1 aromatic heterocycles. The van der Waals surface area contributed by atoms with Gasteiger partial charge >= 0.3 is 5.97 Å². The summed E-state index contributed by atoms with van der Waals surface area (Å²) in [7, 11) is -3.79. The highest BCUT2D eigenvalue weighted by Gasteiger charge is 2.48. The number of carboxylic acid groups (broad SMARTS) is 1. The van der Waals surface area contributed by atoms with Gasteiger partial charge < -0.3 is 5.11 Å². The summed E-state index contributed by atoms with van der Waals surface area (Å²) < 4.78 is 26.3. The summed E-state index contributed by atoms with van der Waals surface area (Å²) in [4.78, 5) is 15.4. The number of piperidine rings is 1. The summed E-state index contributed by atoms with van der Waals surface area (Å²) in [6, 6.07) is 0. The van der Waals surface area contributed by atoms with E-state index in [-0.39, 0.29) is 10.8 Å². The van der Waals surface area contributed by atoms with Crippen LogP contribution in [0.15, 0.2) is 10.4 Å². The van der Waals surface area contributed by atoms with Crippen molar-refractivity contribution in [3.8, 4) is 0 Å². The smallest absolute Gasteiger partial charge is 0.324 e. The molecule has 1 aliphatic heterocycles. The fourth-order valence-electron chi connectivity index (χ4n) is 2.26. The molecule has 1 N–H and O–H groups in total. The van der Waals surface area contributed by atoms with Crippen LogP contribution in [0.25, 0.3) is 0 Å². The second kappa shape index (κ2) is 4.84. The fourth-order valence-corrected chi connectivity index (χ4v) is 5.29. The third-order valence-corrected chi connectivity index (χ3v) is 6.80. The summed E-state index contributed by atoms with van der Waals surface area (Å²) in [5.41, 5.74) is -1.37. The van der Waals surface area contributed by atoms with Crippen molar-refractivity contribution in [1.29, 1.82) is 0 Å². The molecule has 19 heavy (non-hydrogen) atoms. The number of sulfonamides is 1. The van der Waals surface area contributed by atoms with Crippen LogP contribution in [0, 0.1) is 6.92 Å². The molecule has 0 spiro atoms. The fraction of sp³-hybridized carbons (Fsp3) is 0.636. The number of rotatable bonds is 3. The molecule has 2 rings (SSSR count). The van der Waals surface area contributed by atoms with Crippen LogP contribution in [-0.2, 0) is 14.8 Å². The lowest BCUT2D eigenvalue weighted by atomic mass is 9.91. The van der Waals surface area contributed by atoms with Gasteiger partial charge in [0, 0.05) is 6.54 Å². The van der Waals surface area contributed by atoms with Crippen molar-refractivity contribution in [1.82, 2.24) is 9.29 Å². The van der Waals surface area contributed by atoms with Crippen molar-refractivity contribution in [2.45, 2.75) is 42.9 Å². The molecule has 0 bridgehead atoms. The van der Waals surface area contributed by atoms with Crippen molar-refractivity contribution >= 4 is 27.3 Å². The van der Waals surface area contributed by atoms with Gasteiger partial charge in [0.15, 0.2) is 4.21 Å². The highest BCUT2D eigenvalue weighted by molar-refractivity contribution is 7.91. The second-order valence-corrected chi connectivity index (χ2v) is 8.14. The van der Waals surface area contributed by atoms with Crippen LogP contribution in [0.2, 0.25) is 0 Å². The summed E-state index contributed by atoms with van der Waals surface area (Å²) in [5, 5.41) is 10.0. The summed E-state index contributed by atoms with van der Waals surface area (Å²) in [6.07, 6.45) is 3.03. The van der Waals surface area contributed by atoms with E-state index in [1.165, 1.54) is 13.1 Å². The molecule has 0 saturated carbocycles. The Hall–Kier alpha value is -0.990. The third-order valence-electron chi connectivity index (χ3n) is 3.43. The Morgan fingerprint density at radius 3 is 2.74 bits per heavy atom. The molecule has 0 amide bonds. The highest BCUT2D eigenvalue weighted by Crippen LogP contribution is 2.34. The van der Waals surface area contributed by atoms with Crippen LogP contribution in [0.3, 0.4) is 0 Å². The zero-order chi connectivity index (χ0) is 14.3. The molecule has 106 valence electrons. The maximum absolute atomic E-state index is 12.6. The topological polar surface area (TPSA) is 87.6 Å². The molecule has 6 nitrogen and oxygen atoms in total. The number of carboxylic acids is 1. The molecule has 1 atom stereocenters. The minimum absolute atomic E-state index is 0.111. The van der Waals surface area contributed by atoms with E-state index < -0.39 is 21.5 Å². The van der Waals surface area contributed by atoms with Gasteiger partial charge in [0.05, 0.1) is 11.2 Å². The zero-order valence-corrected chi connectivity index (χ0v) is 12.4. The number of hydrogen-bond acceptors (Lipinski definition) is 5. The Bertz CT molecular complexity index is 596. The van der Waals surface area contributed by atoms with Crippen LogP contribution in [0.4, 0.5) is 0 Å². The highest BCUT2D eigenvalue weighted by atomic mass is 32.2. The summed E-state index contributed by atoms with van der Waals surface area (Å²) >= 11 is 1.07. The number of hydrogen-bond donors (Lipinski definition) is 1. The molecule has 1 aliphatic rings. The normalized spacial score (nSPS) is 25.4. The van der Waals surface area contributed by atoms with Crippen LogP contribution in [-0.4, -0.2) is 40.9 Å². The van der Waals surface area contributed by atoms with E-state index in [4.69, 9.17) is 0 Å². The monoisotopic (exact) mass is 304 g/mol. The Balaban J connectivity index is 2.46. The first-order chi connectivity index (χ1) is 8.78. The van der Waals surface area contributed by atoms with Gasteiger partial charge in [-0.25, -0.2) is 13.4 Å².